The second-order valence-electron chi connectivity index (χ2n) is 6.86. The van der Waals surface area contributed by atoms with E-state index in [1.54, 1.807) is 30.4 Å². The number of carbonyl (C=O) groups is 1. The molecule has 1 aliphatic rings. The molecule has 4 rings (SSSR count). The van der Waals surface area contributed by atoms with Crippen LogP contribution in [-0.4, -0.2) is 52.3 Å². The van der Waals surface area contributed by atoms with Crippen LogP contribution in [0.25, 0.3) is 11.0 Å². The Hall–Kier alpha value is -3.06. The van der Waals surface area contributed by atoms with Gasteiger partial charge in [-0.2, -0.15) is 0 Å². The summed E-state index contributed by atoms with van der Waals surface area (Å²) in [5.74, 6) is 1.37. The Morgan fingerprint density at radius 3 is 2.79 bits per heavy atom. The highest BCUT2D eigenvalue weighted by atomic mass is 16.6. The van der Waals surface area contributed by atoms with Gasteiger partial charge in [-0.05, 0) is 42.8 Å². The van der Waals surface area contributed by atoms with E-state index in [1.165, 1.54) is 0 Å². The second kappa shape index (κ2) is 7.52. The number of fused-ring (bicyclic) bond motifs is 2. The number of amides is 1. The van der Waals surface area contributed by atoms with Crippen LogP contribution >= 0.6 is 0 Å². The molecule has 0 saturated carbocycles. The van der Waals surface area contributed by atoms with Crippen LogP contribution in [0.4, 0.5) is 0 Å². The number of carbonyl (C=O) groups excluding carboxylic acids is 1. The summed E-state index contributed by atoms with van der Waals surface area (Å²) in [5.41, 5.74) is 3.19. The van der Waals surface area contributed by atoms with Gasteiger partial charge in [0.1, 0.15) is 13.2 Å². The minimum atomic E-state index is -0.133. The number of aromatic nitrogens is 2. The van der Waals surface area contributed by atoms with Crippen LogP contribution in [0, 0.1) is 0 Å². The summed E-state index contributed by atoms with van der Waals surface area (Å²) < 4.78 is 13.1. The number of aliphatic hydroxyl groups excluding tert-OH is 1. The first-order valence-electron chi connectivity index (χ1n) is 9.31. The largest absolute Gasteiger partial charge is 0.486 e. The maximum absolute atomic E-state index is 13.0. The number of benzene rings is 2. The fraction of sp³-hybridized carbons (Fsp3) is 0.333. The zero-order valence-corrected chi connectivity index (χ0v) is 16.0. The van der Waals surface area contributed by atoms with Crippen molar-refractivity contribution in [3.63, 3.8) is 0 Å². The lowest BCUT2D eigenvalue weighted by Gasteiger charge is -2.27. The topological polar surface area (TPSA) is 76.8 Å². The van der Waals surface area contributed by atoms with E-state index in [-0.39, 0.29) is 18.6 Å². The molecule has 0 saturated heterocycles. The van der Waals surface area contributed by atoms with E-state index in [0.717, 1.165) is 22.3 Å². The monoisotopic (exact) mass is 381 g/mol. The molecule has 2 aromatic carbocycles. The molecule has 0 spiro atoms. The van der Waals surface area contributed by atoms with E-state index in [1.807, 2.05) is 35.8 Å². The summed E-state index contributed by atoms with van der Waals surface area (Å²) in [7, 11) is 1.79. The standard InChI is InChI=1S/C21H23N3O4/c1-14(15-4-6-19-20(12-15)28-10-9-27-19)23(2)21(26)16-3-5-18-17(11-16)22-13-24(18)7-8-25/h3-6,11-14,25H,7-10H2,1-2H3. The second-order valence-corrected chi connectivity index (χ2v) is 6.86. The van der Waals surface area contributed by atoms with Crippen molar-refractivity contribution in [2.45, 2.75) is 19.5 Å². The average molecular weight is 381 g/mol. The molecule has 1 N–H and O–H groups in total. The van der Waals surface area contributed by atoms with Crippen molar-refractivity contribution in [1.29, 1.82) is 0 Å². The third-order valence-corrected chi connectivity index (χ3v) is 5.16. The minimum Gasteiger partial charge on any atom is -0.486 e. The molecule has 0 aliphatic carbocycles. The van der Waals surface area contributed by atoms with Crippen LogP contribution in [0.1, 0.15) is 28.9 Å². The first-order valence-corrected chi connectivity index (χ1v) is 9.31. The van der Waals surface area contributed by atoms with Crippen LogP contribution in [0.3, 0.4) is 0 Å². The molecule has 0 bridgehead atoms. The van der Waals surface area contributed by atoms with Gasteiger partial charge >= 0.3 is 0 Å². The Morgan fingerprint density at radius 1 is 1.21 bits per heavy atom. The van der Waals surface area contributed by atoms with Gasteiger partial charge in [0.15, 0.2) is 11.5 Å². The molecule has 28 heavy (non-hydrogen) atoms. The van der Waals surface area contributed by atoms with Gasteiger partial charge in [0.25, 0.3) is 5.91 Å². The molecule has 0 fully saturated rings. The number of nitrogens with zero attached hydrogens (tertiary/aromatic N) is 3. The average Bonchev–Trinajstić information content (AvgIpc) is 3.14. The van der Waals surface area contributed by atoms with E-state index in [2.05, 4.69) is 4.98 Å². The summed E-state index contributed by atoms with van der Waals surface area (Å²) >= 11 is 0. The molecule has 1 aromatic heterocycles. The highest BCUT2D eigenvalue weighted by molar-refractivity contribution is 5.97. The van der Waals surface area contributed by atoms with Gasteiger partial charge in [0.05, 0.1) is 30.0 Å². The van der Waals surface area contributed by atoms with Crippen LogP contribution < -0.4 is 9.47 Å². The normalized spacial score (nSPS) is 14.1. The lowest BCUT2D eigenvalue weighted by atomic mass is 10.0. The smallest absolute Gasteiger partial charge is 0.254 e. The van der Waals surface area contributed by atoms with E-state index in [4.69, 9.17) is 14.6 Å². The van der Waals surface area contributed by atoms with Crippen molar-refractivity contribution in [3.8, 4) is 11.5 Å². The van der Waals surface area contributed by atoms with Crippen molar-refractivity contribution >= 4 is 16.9 Å². The van der Waals surface area contributed by atoms with Gasteiger partial charge in [0, 0.05) is 19.2 Å². The molecule has 2 heterocycles. The van der Waals surface area contributed by atoms with E-state index in [0.29, 0.717) is 31.1 Å². The van der Waals surface area contributed by atoms with Gasteiger partial charge in [-0.25, -0.2) is 4.98 Å². The summed E-state index contributed by atoms with van der Waals surface area (Å²) in [6.07, 6.45) is 1.68. The number of hydrogen-bond acceptors (Lipinski definition) is 5. The van der Waals surface area contributed by atoms with Crippen LogP contribution in [0.5, 0.6) is 11.5 Å². The van der Waals surface area contributed by atoms with Crippen molar-refractivity contribution in [2.24, 2.45) is 0 Å². The Morgan fingerprint density at radius 2 is 2.00 bits per heavy atom. The minimum absolute atomic E-state index is 0.0436. The third-order valence-electron chi connectivity index (χ3n) is 5.16. The van der Waals surface area contributed by atoms with Gasteiger partial charge in [-0.1, -0.05) is 6.07 Å². The molecule has 146 valence electrons. The SMILES string of the molecule is CC(c1ccc2c(c1)OCCO2)N(C)C(=O)c1ccc2c(c1)ncn2CCO. The van der Waals surface area contributed by atoms with E-state index >= 15 is 0 Å². The van der Waals surface area contributed by atoms with Gasteiger partial charge in [0.2, 0.25) is 0 Å². The predicted molar refractivity (Wildman–Crippen MR) is 105 cm³/mol. The predicted octanol–water partition coefficient (Wildman–Crippen LogP) is 2.63. The number of imidazole rings is 1. The molecule has 1 amide bonds. The molecule has 1 aliphatic heterocycles. The Kier molecular flexibility index (Phi) is 4.92. The maximum Gasteiger partial charge on any atom is 0.254 e. The van der Waals surface area contributed by atoms with Crippen molar-refractivity contribution in [1.82, 2.24) is 14.5 Å². The number of ether oxygens (including phenoxy) is 2. The molecule has 0 radical (unpaired) electrons. The first kappa shape index (κ1) is 18.3. The summed E-state index contributed by atoms with van der Waals surface area (Å²) in [5, 5.41) is 9.13. The number of rotatable bonds is 5. The summed E-state index contributed by atoms with van der Waals surface area (Å²) in [4.78, 5) is 19.1. The quantitative estimate of drug-likeness (QED) is 0.735. The molecular weight excluding hydrogens is 358 g/mol. The number of aliphatic hydroxyl groups is 1. The first-order chi connectivity index (χ1) is 13.6. The zero-order valence-electron chi connectivity index (χ0n) is 16.0. The summed E-state index contributed by atoms with van der Waals surface area (Å²) in [6, 6.07) is 11.1. The van der Waals surface area contributed by atoms with Crippen LogP contribution in [-0.2, 0) is 6.54 Å². The lowest BCUT2D eigenvalue weighted by Crippen LogP contribution is -2.29. The van der Waals surface area contributed by atoms with Gasteiger partial charge in [-0.15, -0.1) is 0 Å². The zero-order chi connectivity index (χ0) is 19.7. The highest BCUT2D eigenvalue weighted by Gasteiger charge is 2.22. The van der Waals surface area contributed by atoms with Gasteiger partial charge in [-0.3, -0.25) is 4.79 Å². The molecule has 7 heteroatoms. The van der Waals surface area contributed by atoms with Crippen LogP contribution in [0.15, 0.2) is 42.7 Å². The Bertz CT molecular complexity index is 1010. The van der Waals surface area contributed by atoms with Crippen molar-refractivity contribution < 1.29 is 19.4 Å². The summed E-state index contributed by atoms with van der Waals surface area (Å²) in [6.45, 7) is 3.59. The Labute approximate surface area is 163 Å². The molecular formula is C21H23N3O4. The van der Waals surface area contributed by atoms with Crippen molar-refractivity contribution in [3.05, 3.63) is 53.9 Å². The number of hydrogen-bond donors (Lipinski definition) is 1. The fourth-order valence-electron chi connectivity index (χ4n) is 3.41. The van der Waals surface area contributed by atoms with Crippen molar-refractivity contribution in [2.75, 3.05) is 26.9 Å². The molecule has 3 aromatic rings. The fourth-order valence-corrected chi connectivity index (χ4v) is 3.41. The maximum atomic E-state index is 13.0. The van der Waals surface area contributed by atoms with Crippen LogP contribution in [0.2, 0.25) is 0 Å². The highest BCUT2D eigenvalue weighted by Crippen LogP contribution is 2.34. The van der Waals surface area contributed by atoms with E-state index < -0.39 is 0 Å². The van der Waals surface area contributed by atoms with E-state index in [9.17, 15) is 4.79 Å². The lowest BCUT2D eigenvalue weighted by molar-refractivity contribution is 0.0742. The van der Waals surface area contributed by atoms with Gasteiger partial charge < -0.3 is 24.0 Å². The Balaban J connectivity index is 1.56. The molecule has 7 nitrogen and oxygen atoms in total. The molecule has 1 unspecified atom stereocenters. The molecule has 1 atom stereocenters. The third kappa shape index (κ3) is 3.29.